The highest BCUT2D eigenvalue weighted by atomic mass is 32.1. The molecule has 0 saturated heterocycles. The van der Waals surface area contributed by atoms with Crippen LogP contribution in [0.15, 0.2) is 162 Å². The van der Waals surface area contributed by atoms with Gasteiger partial charge in [-0.05, 0) is 112 Å². The molecular formula is C58H49N3S. The van der Waals surface area contributed by atoms with Gasteiger partial charge in [0, 0.05) is 55.3 Å². The summed E-state index contributed by atoms with van der Waals surface area (Å²) < 4.78 is 5.04. The molecule has 62 heavy (non-hydrogen) atoms. The summed E-state index contributed by atoms with van der Waals surface area (Å²) in [5, 5.41) is 6.50. The largest absolute Gasteiger partial charge is 0.312 e. The van der Waals surface area contributed by atoms with Crippen molar-refractivity contribution in [2.75, 3.05) is 0 Å². The molecule has 13 rings (SSSR count). The Bertz CT molecular complexity index is 3450. The number of hydrogen-bond acceptors (Lipinski definition) is 3. The molecule has 0 radical (unpaired) electrons. The molecule has 3 heterocycles. The lowest BCUT2D eigenvalue weighted by molar-refractivity contribution is 0.332. The Morgan fingerprint density at radius 2 is 1.52 bits per heavy atom. The first-order valence-corrected chi connectivity index (χ1v) is 23.5. The van der Waals surface area contributed by atoms with Crippen LogP contribution in [0.3, 0.4) is 0 Å². The molecule has 0 spiro atoms. The molecule has 6 aliphatic carbocycles. The quantitative estimate of drug-likeness (QED) is 0.178. The zero-order valence-electron chi connectivity index (χ0n) is 35.9. The van der Waals surface area contributed by atoms with Crippen molar-refractivity contribution in [3.63, 3.8) is 0 Å². The van der Waals surface area contributed by atoms with Crippen LogP contribution in [0.1, 0.15) is 82.4 Å². The zero-order chi connectivity index (χ0) is 41.5. The van der Waals surface area contributed by atoms with E-state index in [1.54, 1.807) is 0 Å². The number of benzene rings is 4. The van der Waals surface area contributed by atoms with E-state index < -0.39 is 0 Å². The maximum absolute atomic E-state index is 5.49. The number of hydrogen-bond donors (Lipinski definition) is 0. The van der Waals surface area contributed by atoms with Gasteiger partial charge in [0.05, 0.1) is 26.9 Å². The van der Waals surface area contributed by atoms with E-state index in [4.69, 9.17) is 9.97 Å². The third-order valence-electron chi connectivity index (χ3n) is 15.2. The summed E-state index contributed by atoms with van der Waals surface area (Å²) in [5.41, 5.74) is 15.9. The first-order valence-electron chi connectivity index (χ1n) is 22.7. The third kappa shape index (κ3) is 5.41. The highest BCUT2D eigenvalue weighted by Gasteiger charge is 2.38. The van der Waals surface area contributed by atoms with Crippen molar-refractivity contribution < 1.29 is 0 Å². The van der Waals surface area contributed by atoms with Crippen LogP contribution in [0.4, 0.5) is 0 Å². The molecule has 0 amide bonds. The topological polar surface area (TPSA) is 30.7 Å². The second-order valence-corrected chi connectivity index (χ2v) is 20.9. The van der Waals surface area contributed by atoms with Gasteiger partial charge in [-0.25, -0.2) is 9.97 Å². The lowest BCUT2D eigenvalue weighted by atomic mass is 9.63. The first kappa shape index (κ1) is 36.5. The van der Waals surface area contributed by atoms with Gasteiger partial charge >= 0.3 is 0 Å². The van der Waals surface area contributed by atoms with Crippen molar-refractivity contribution in [2.24, 2.45) is 17.8 Å². The molecule has 0 saturated carbocycles. The fourth-order valence-corrected chi connectivity index (χ4v) is 12.8. The average Bonchev–Trinajstić information content (AvgIpc) is 3.85. The molecule has 0 N–H and O–H groups in total. The van der Waals surface area contributed by atoms with E-state index in [9.17, 15) is 0 Å². The highest BCUT2D eigenvalue weighted by molar-refractivity contribution is 7.26. The van der Waals surface area contributed by atoms with Gasteiger partial charge in [-0.1, -0.05) is 143 Å². The van der Waals surface area contributed by atoms with Gasteiger partial charge in [0.1, 0.15) is 0 Å². The minimum Gasteiger partial charge on any atom is -0.312 e. The summed E-state index contributed by atoms with van der Waals surface area (Å²) in [4.78, 5) is 10.9. The number of rotatable bonds is 3. The Morgan fingerprint density at radius 1 is 0.726 bits per heavy atom. The van der Waals surface area contributed by atoms with E-state index in [0.717, 1.165) is 41.9 Å². The van der Waals surface area contributed by atoms with Crippen molar-refractivity contribution in [1.29, 1.82) is 0 Å². The molecule has 7 aromatic rings. The number of aromatic nitrogens is 3. The minimum absolute atomic E-state index is 0.122. The van der Waals surface area contributed by atoms with Crippen LogP contribution in [-0.2, 0) is 10.8 Å². The Balaban J connectivity index is 0.954. The predicted octanol–water partition coefficient (Wildman–Crippen LogP) is 15.3. The second kappa shape index (κ2) is 13.2. The van der Waals surface area contributed by atoms with Crippen LogP contribution < -0.4 is 0 Å². The molecule has 302 valence electrons. The van der Waals surface area contributed by atoms with Crippen LogP contribution in [0, 0.1) is 17.8 Å². The predicted molar refractivity (Wildman–Crippen MR) is 263 cm³/mol. The number of fused-ring (bicyclic) bond motifs is 12. The van der Waals surface area contributed by atoms with Crippen molar-refractivity contribution in [3.8, 4) is 0 Å². The Kier molecular flexibility index (Phi) is 7.78. The first-order chi connectivity index (χ1) is 30.2. The second-order valence-electron chi connectivity index (χ2n) is 19.8. The summed E-state index contributed by atoms with van der Waals surface area (Å²) in [5.74, 6) is 1.75. The molecule has 3 atom stereocenters. The van der Waals surface area contributed by atoms with Gasteiger partial charge in [-0.2, -0.15) is 0 Å². The van der Waals surface area contributed by atoms with Gasteiger partial charge in [0.15, 0.2) is 5.82 Å². The molecule has 6 aliphatic rings. The van der Waals surface area contributed by atoms with Crippen molar-refractivity contribution in [3.05, 3.63) is 185 Å². The zero-order valence-corrected chi connectivity index (χ0v) is 36.7. The van der Waals surface area contributed by atoms with Gasteiger partial charge < -0.3 is 4.57 Å². The van der Waals surface area contributed by atoms with E-state index in [1.165, 1.54) is 99.3 Å². The highest BCUT2D eigenvalue weighted by Crippen LogP contribution is 2.50. The summed E-state index contributed by atoms with van der Waals surface area (Å²) >= 11 is 1.82. The lowest BCUT2D eigenvalue weighted by Crippen LogP contribution is -2.33. The molecule has 0 aliphatic heterocycles. The van der Waals surface area contributed by atoms with Crippen LogP contribution in [0.5, 0.6) is 0 Å². The maximum Gasteiger partial charge on any atom is 0.160 e. The fourth-order valence-electron chi connectivity index (χ4n) is 11.6. The molecule has 4 heteroatoms. The van der Waals surface area contributed by atoms with E-state index in [2.05, 4.69) is 178 Å². The third-order valence-corrected chi connectivity index (χ3v) is 16.4. The van der Waals surface area contributed by atoms with E-state index in [-0.39, 0.29) is 16.7 Å². The van der Waals surface area contributed by atoms with Crippen LogP contribution >= 0.6 is 11.3 Å². The van der Waals surface area contributed by atoms with Crippen molar-refractivity contribution in [1.82, 2.24) is 14.5 Å². The summed E-state index contributed by atoms with van der Waals surface area (Å²) in [6.45, 7) is 9.77. The Hall–Kier alpha value is -6.10. The lowest BCUT2D eigenvalue weighted by Gasteiger charge is -2.42. The molecule has 0 bridgehead atoms. The van der Waals surface area contributed by atoms with Crippen LogP contribution in [0.25, 0.3) is 69.7 Å². The maximum atomic E-state index is 5.49. The molecule has 0 fully saturated rings. The van der Waals surface area contributed by atoms with Gasteiger partial charge in [-0.15, -0.1) is 11.3 Å². The number of thiophene rings is 1. The summed E-state index contributed by atoms with van der Waals surface area (Å²) in [6.07, 6.45) is 34.1. The standard InChI is InChI=1S/C58H49N3S/c1-57(2)27-28-58(3,4)49-33-50-47(32-48(49)57)44-26-24-35-12-6-8-14-43(35)54(44)61(50)41-25-23-37-29-40(22-20-38(37)30-41)56-59-52(55-53(60-56)45-15-9-10-16-51(45)62-55)39-21-19-36-18-17-34-11-5-7-13-42(34)46(36)31-39/h6-10,12-26,29,31-33,36,38,46H,5,11,27-28,30H2,1-4H3. The van der Waals surface area contributed by atoms with Crippen LogP contribution in [-0.4, -0.2) is 14.5 Å². The van der Waals surface area contributed by atoms with Crippen molar-refractivity contribution >= 4 is 81.1 Å². The monoisotopic (exact) mass is 819 g/mol. The molecule has 4 aromatic carbocycles. The molecular weight excluding hydrogens is 771 g/mol. The summed E-state index contributed by atoms with van der Waals surface area (Å²) in [6, 6.07) is 27.5. The number of allylic oxidation sites excluding steroid dienone is 18. The Labute approximate surface area is 367 Å². The van der Waals surface area contributed by atoms with Crippen molar-refractivity contribution in [2.45, 2.75) is 70.6 Å². The van der Waals surface area contributed by atoms with Crippen LogP contribution in [0.2, 0.25) is 0 Å². The normalized spacial score (nSPS) is 23.3. The number of nitrogens with zero attached hydrogens (tertiary/aromatic N) is 3. The molecule has 3 nitrogen and oxygen atoms in total. The molecule has 3 aromatic heterocycles. The molecule has 3 unspecified atom stereocenters. The van der Waals surface area contributed by atoms with E-state index >= 15 is 0 Å². The minimum atomic E-state index is 0.122. The van der Waals surface area contributed by atoms with Gasteiger partial charge in [0.2, 0.25) is 0 Å². The average molecular weight is 820 g/mol. The fraction of sp³-hybridized carbons (Fsp3) is 0.241. The van der Waals surface area contributed by atoms with E-state index in [0.29, 0.717) is 11.8 Å². The van der Waals surface area contributed by atoms with E-state index in [1.807, 2.05) is 11.3 Å². The van der Waals surface area contributed by atoms with Gasteiger partial charge in [-0.3, -0.25) is 0 Å². The van der Waals surface area contributed by atoms with Gasteiger partial charge in [0.25, 0.3) is 0 Å². The summed E-state index contributed by atoms with van der Waals surface area (Å²) in [7, 11) is 0. The Morgan fingerprint density at radius 3 is 2.40 bits per heavy atom. The SMILES string of the molecule is CC1(C)CCC(C)(C)c2cc3c(cc21)c1ccc2ccccc2c1n3C1=CC=C2C=C(c3nc(C4=CC5C6=C(C=CC5C=C4)CCC=C6)c4sc5ccccc5c4n3)C=CC2C1. The smallest absolute Gasteiger partial charge is 0.160 e.